The molecule has 0 N–H and O–H groups in total. The van der Waals surface area contributed by atoms with Gasteiger partial charge in [-0.15, -0.1) is 0 Å². The molecule has 1 aliphatic rings. The molecule has 1 aromatic heterocycles. The molecule has 0 radical (unpaired) electrons. The molecule has 104 valence electrons. The van der Waals surface area contributed by atoms with Crippen LogP contribution in [0.2, 0.25) is 0 Å². The highest BCUT2D eigenvalue weighted by Crippen LogP contribution is 2.33. The van der Waals surface area contributed by atoms with Gasteiger partial charge in [0.05, 0.1) is 12.3 Å². The number of aromatic nitrogens is 2. The average Bonchev–Trinajstić information content (AvgIpc) is 2.75. The third-order valence-corrected chi connectivity index (χ3v) is 3.75. The molecule has 0 aliphatic heterocycles. The van der Waals surface area contributed by atoms with Gasteiger partial charge in [-0.25, -0.2) is 0 Å². The number of imidazole rings is 1. The van der Waals surface area contributed by atoms with Gasteiger partial charge >= 0.3 is 0 Å². The highest BCUT2D eigenvalue weighted by atomic mass is 16.5. The van der Waals surface area contributed by atoms with E-state index in [1.807, 2.05) is 42.8 Å². The summed E-state index contributed by atoms with van der Waals surface area (Å²) in [6.07, 6.45) is 2.29. The van der Waals surface area contributed by atoms with Crippen LogP contribution in [0, 0.1) is 0 Å². The number of fused-ring (bicyclic) bond motifs is 3. The van der Waals surface area contributed by atoms with Crippen molar-refractivity contribution in [3.8, 4) is 17.3 Å². The Balaban J connectivity index is 2.22. The second-order valence-electron chi connectivity index (χ2n) is 5.00. The van der Waals surface area contributed by atoms with E-state index in [-0.39, 0.29) is 5.78 Å². The highest BCUT2D eigenvalue weighted by Gasteiger charge is 2.23. The number of Topliss-reactive ketones (excluding diaryl/α,β-unsaturated/α-hetero) is 1. The molecule has 0 fully saturated rings. The van der Waals surface area contributed by atoms with Crippen molar-refractivity contribution in [3.63, 3.8) is 0 Å². The lowest BCUT2D eigenvalue weighted by molar-refractivity contribution is 0.0980. The van der Waals surface area contributed by atoms with Gasteiger partial charge in [0.2, 0.25) is 0 Å². The smallest absolute Gasteiger partial charge is 0.296 e. The quantitative estimate of drug-likeness (QED) is 0.842. The van der Waals surface area contributed by atoms with Gasteiger partial charge in [-0.05, 0) is 19.8 Å². The van der Waals surface area contributed by atoms with Gasteiger partial charge < -0.3 is 9.30 Å². The number of hydrogen-bond acceptors (Lipinski definition) is 3. The van der Waals surface area contributed by atoms with Crippen LogP contribution in [-0.4, -0.2) is 21.9 Å². The first-order valence-electron chi connectivity index (χ1n) is 7.03. The van der Waals surface area contributed by atoms with Crippen LogP contribution < -0.4 is 4.74 Å². The van der Waals surface area contributed by atoms with Crippen LogP contribution in [0.5, 0.6) is 6.01 Å². The molecule has 0 saturated heterocycles. The van der Waals surface area contributed by atoms with Gasteiger partial charge in [0, 0.05) is 30.3 Å². The standard InChI is InChI=1S/C16H18N2O2/c1-3-20-16-17-15-12-8-5-4-7-11(12)14(19)10-6-9-13(15)18(16)2/h4-5,7-8H,3,6,9-10H2,1-2H3. The van der Waals surface area contributed by atoms with Crippen molar-refractivity contribution in [2.24, 2.45) is 7.05 Å². The lowest BCUT2D eigenvalue weighted by Gasteiger charge is -2.13. The monoisotopic (exact) mass is 270 g/mol. The summed E-state index contributed by atoms with van der Waals surface area (Å²) in [5.74, 6) is 0.204. The first-order chi connectivity index (χ1) is 9.72. The van der Waals surface area contributed by atoms with E-state index in [0.717, 1.165) is 35.4 Å². The van der Waals surface area contributed by atoms with Crippen molar-refractivity contribution in [2.75, 3.05) is 6.61 Å². The van der Waals surface area contributed by atoms with E-state index in [9.17, 15) is 4.79 Å². The normalized spacial score (nSPS) is 14.2. The number of ketones is 1. The Labute approximate surface area is 118 Å². The first-order valence-corrected chi connectivity index (χ1v) is 7.03. The van der Waals surface area contributed by atoms with Crippen molar-refractivity contribution >= 4 is 5.78 Å². The molecule has 0 saturated carbocycles. The molecule has 1 aliphatic carbocycles. The number of hydrogen-bond donors (Lipinski definition) is 0. The molecule has 0 spiro atoms. The zero-order valence-corrected chi connectivity index (χ0v) is 11.8. The maximum Gasteiger partial charge on any atom is 0.296 e. The van der Waals surface area contributed by atoms with Gasteiger partial charge in [0.15, 0.2) is 5.78 Å². The van der Waals surface area contributed by atoms with E-state index in [1.54, 1.807) is 0 Å². The summed E-state index contributed by atoms with van der Waals surface area (Å²) in [7, 11) is 1.98. The van der Waals surface area contributed by atoms with E-state index in [4.69, 9.17) is 4.74 Å². The fourth-order valence-corrected chi connectivity index (χ4v) is 2.75. The summed E-state index contributed by atoms with van der Waals surface area (Å²) >= 11 is 0. The van der Waals surface area contributed by atoms with E-state index in [2.05, 4.69) is 4.98 Å². The summed E-state index contributed by atoms with van der Waals surface area (Å²) in [6, 6.07) is 8.35. The van der Waals surface area contributed by atoms with Crippen LogP contribution in [-0.2, 0) is 13.5 Å². The lowest BCUT2D eigenvalue weighted by atomic mass is 9.93. The first kappa shape index (κ1) is 12.9. The van der Waals surface area contributed by atoms with Crippen molar-refractivity contribution < 1.29 is 9.53 Å². The number of rotatable bonds is 2. The molecular weight excluding hydrogens is 252 g/mol. The van der Waals surface area contributed by atoms with Crippen LogP contribution in [0.3, 0.4) is 0 Å². The van der Waals surface area contributed by atoms with Crippen LogP contribution in [0.1, 0.15) is 35.8 Å². The Morgan fingerprint density at radius 2 is 2.00 bits per heavy atom. The molecule has 4 nitrogen and oxygen atoms in total. The fraction of sp³-hybridized carbons (Fsp3) is 0.375. The molecular formula is C16H18N2O2. The van der Waals surface area contributed by atoms with Crippen LogP contribution >= 0.6 is 0 Å². The van der Waals surface area contributed by atoms with E-state index in [0.29, 0.717) is 19.0 Å². The molecule has 0 bridgehead atoms. The number of nitrogens with zero attached hydrogens (tertiary/aromatic N) is 2. The van der Waals surface area contributed by atoms with Gasteiger partial charge in [-0.3, -0.25) is 4.79 Å². The molecule has 4 heteroatoms. The summed E-state index contributed by atoms with van der Waals surface area (Å²) in [6.45, 7) is 2.54. The third kappa shape index (κ3) is 2.01. The van der Waals surface area contributed by atoms with Crippen molar-refractivity contribution in [1.29, 1.82) is 0 Å². The Morgan fingerprint density at radius 3 is 2.75 bits per heavy atom. The minimum absolute atomic E-state index is 0.204. The number of carbonyl (C=O) groups excluding carboxylic acids is 1. The number of benzene rings is 1. The SMILES string of the molecule is CCOc1nc2c(n1C)CCCC(=O)c1ccccc1-2. The second-order valence-corrected chi connectivity index (χ2v) is 5.00. The molecule has 1 heterocycles. The minimum atomic E-state index is 0.204. The van der Waals surface area contributed by atoms with E-state index in [1.165, 1.54) is 0 Å². The molecule has 0 amide bonds. The maximum atomic E-state index is 12.2. The number of ether oxygens (including phenoxy) is 1. The van der Waals surface area contributed by atoms with Gasteiger partial charge in [-0.2, -0.15) is 4.98 Å². The zero-order chi connectivity index (χ0) is 14.1. The minimum Gasteiger partial charge on any atom is -0.465 e. The molecule has 3 rings (SSSR count). The van der Waals surface area contributed by atoms with Crippen LogP contribution in [0.15, 0.2) is 24.3 Å². The van der Waals surface area contributed by atoms with Gasteiger partial charge in [0.25, 0.3) is 6.01 Å². The Bertz CT molecular complexity index is 658. The summed E-state index contributed by atoms with van der Waals surface area (Å²) in [4.78, 5) is 16.8. The van der Waals surface area contributed by atoms with Gasteiger partial charge in [0.1, 0.15) is 0 Å². The van der Waals surface area contributed by atoms with Crippen molar-refractivity contribution in [3.05, 3.63) is 35.5 Å². The van der Waals surface area contributed by atoms with Crippen LogP contribution in [0.25, 0.3) is 11.3 Å². The summed E-state index contributed by atoms with van der Waals surface area (Å²) in [5, 5.41) is 0. The fourth-order valence-electron chi connectivity index (χ4n) is 2.75. The number of carbonyl (C=O) groups is 1. The molecule has 1 aromatic carbocycles. The zero-order valence-electron chi connectivity index (χ0n) is 11.8. The lowest BCUT2D eigenvalue weighted by Crippen LogP contribution is -2.08. The van der Waals surface area contributed by atoms with Crippen molar-refractivity contribution in [1.82, 2.24) is 9.55 Å². The Morgan fingerprint density at radius 1 is 1.25 bits per heavy atom. The summed E-state index contributed by atoms with van der Waals surface area (Å²) in [5.41, 5.74) is 3.73. The second kappa shape index (κ2) is 5.12. The van der Waals surface area contributed by atoms with Crippen LogP contribution in [0.4, 0.5) is 0 Å². The topological polar surface area (TPSA) is 44.1 Å². The van der Waals surface area contributed by atoms with Crippen molar-refractivity contribution in [2.45, 2.75) is 26.2 Å². The Kier molecular flexibility index (Phi) is 3.30. The largest absolute Gasteiger partial charge is 0.465 e. The van der Waals surface area contributed by atoms with Gasteiger partial charge in [-0.1, -0.05) is 24.3 Å². The predicted octanol–water partition coefficient (Wildman–Crippen LogP) is 3.00. The van der Waals surface area contributed by atoms with E-state index >= 15 is 0 Å². The third-order valence-electron chi connectivity index (χ3n) is 3.75. The Hall–Kier alpha value is -2.10. The van der Waals surface area contributed by atoms with E-state index < -0.39 is 0 Å². The molecule has 2 aromatic rings. The predicted molar refractivity (Wildman–Crippen MR) is 77.1 cm³/mol. The summed E-state index contributed by atoms with van der Waals surface area (Å²) < 4.78 is 7.59. The molecule has 0 unspecified atom stereocenters. The maximum absolute atomic E-state index is 12.2. The molecule has 20 heavy (non-hydrogen) atoms. The highest BCUT2D eigenvalue weighted by molar-refractivity contribution is 6.02. The average molecular weight is 270 g/mol. The molecule has 0 atom stereocenters.